The average Bonchev–Trinajstić information content (AvgIpc) is 2.53. The molecule has 0 aliphatic carbocycles. The second-order valence-electron chi connectivity index (χ2n) is 4.34. The van der Waals surface area contributed by atoms with Crippen molar-refractivity contribution >= 4 is 23.3 Å². The number of carbonyl (C=O) groups excluding carboxylic acids is 2. The zero-order valence-corrected chi connectivity index (χ0v) is 12.7. The van der Waals surface area contributed by atoms with Gasteiger partial charge in [0.1, 0.15) is 17.0 Å². The van der Waals surface area contributed by atoms with Crippen LogP contribution in [0.1, 0.15) is 5.56 Å². The number of alkyl halides is 3. The number of nitrogens with one attached hydrogen (secondary N) is 1. The Morgan fingerprint density at radius 3 is 2.32 bits per heavy atom. The number of benzene rings is 1. The van der Waals surface area contributed by atoms with Gasteiger partial charge in [-0.05, 0) is 6.07 Å². The largest absolute Gasteiger partial charge is 0.506 e. The van der Waals surface area contributed by atoms with E-state index in [2.05, 4.69) is 14.8 Å². The van der Waals surface area contributed by atoms with Crippen LogP contribution in [0.2, 0.25) is 0 Å². The quantitative estimate of drug-likeness (QED) is 0.267. The third-order valence-corrected chi connectivity index (χ3v) is 2.75. The number of anilines is 1. The summed E-state index contributed by atoms with van der Waals surface area (Å²) >= 11 is 0. The van der Waals surface area contributed by atoms with Crippen molar-refractivity contribution in [2.45, 2.75) is 6.18 Å². The van der Waals surface area contributed by atoms with Gasteiger partial charge in [0.2, 0.25) is 0 Å². The van der Waals surface area contributed by atoms with Crippen molar-refractivity contribution in [1.82, 2.24) is 0 Å². The molecule has 0 aliphatic heterocycles. The SMILES string of the molecule is COC(=O)/C=C(/Nc1cc(C(F)(F)F)c([N+](=O)[O-])cc1O)C(=O)OC. The molecule has 0 aromatic heterocycles. The van der Waals surface area contributed by atoms with Gasteiger partial charge in [0.15, 0.2) is 0 Å². The van der Waals surface area contributed by atoms with E-state index in [0.717, 1.165) is 14.2 Å². The summed E-state index contributed by atoms with van der Waals surface area (Å²) in [4.78, 5) is 32.2. The number of nitrogens with zero attached hydrogens (tertiary/aromatic N) is 1. The fraction of sp³-hybridized carbons (Fsp3) is 0.231. The van der Waals surface area contributed by atoms with Gasteiger partial charge in [0.25, 0.3) is 5.69 Å². The molecular weight excluding hydrogens is 353 g/mol. The molecule has 0 saturated heterocycles. The summed E-state index contributed by atoms with van der Waals surface area (Å²) in [6.45, 7) is 0. The maximum atomic E-state index is 13.0. The molecule has 0 radical (unpaired) electrons. The van der Waals surface area contributed by atoms with Crippen molar-refractivity contribution in [1.29, 1.82) is 0 Å². The molecule has 136 valence electrons. The molecule has 0 fully saturated rings. The molecule has 9 nitrogen and oxygen atoms in total. The van der Waals surface area contributed by atoms with Crippen LogP contribution in [-0.2, 0) is 25.2 Å². The summed E-state index contributed by atoms with van der Waals surface area (Å²) < 4.78 is 47.5. The molecule has 0 aliphatic rings. The van der Waals surface area contributed by atoms with Gasteiger partial charge in [-0.15, -0.1) is 0 Å². The molecule has 1 rings (SSSR count). The number of aromatic hydroxyl groups is 1. The highest BCUT2D eigenvalue weighted by Crippen LogP contribution is 2.41. The highest BCUT2D eigenvalue weighted by molar-refractivity contribution is 5.99. The summed E-state index contributed by atoms with van der Waals surface area (Å²) in [6, 6.07) is 0.486. The van der Waals surface area contributed by atoms with Crippen LogP contribution in [0.25, 0.3) is 0 Å². The van der Waals surface area contributed by atoms with Gasteiger partial charge in [-0.1, -0.05) is 0 Å². The lowest BCUT2D eigenvalue weighted by atomic mass is 10.1. The molecule has 1 aromatic rings. The lowest BCUT2D eigenvalue weighted by Gasteiger charge is -2.14. The molecule has 2 N–H and O–H groups in total. The number of phenols is 1. The maximum Gasteiger partial charge on any atom is 0.423 e. The second kappa shape index (κ2) is 7.51. The smallest absolute Gasteiger partial charge is 0.423 e. The number of nitro groups is 1. The van der Waals surface area contributed by atoms with E-state index in [-0.39, 0.29) is 12.1 Å². The van der Waals surface area contributed by atoms with E-state index in [1.807, 2.05) is 0 Å². The zero-order chi connectivity index (χ0) is 19.4. The van der Waals surface area contributed by atoms with Crippen LogP contribution in [0.5, 0.6) is 5.75 Å². The predicted octanol–water partition coefficient (Wildman–Crippen LogP) is 1.96. The Balaban J connectivity index is 3.46. The molecule has 0 unspecified atom stereocenters. The van der Waals surface area contributed by atoms with Gasteiger partial charge in [0.05, 0.1) is 37.0 Å². The van der Waals surface area contributed by atoms with Crippen molar-refractivity contribution in [3.8, 4) is 5.75 Å². The van der Waals surface area contributed by atoms with Crippen LogP contribution < -0.4 is 5.32 Å². The van der Waals surface area contributed by atoms with Gasteiger partial charge >= 0.3 is 18.1 Å². The number of nitro benzene ring substituents is 1. The Hall–Kier alpha value is -3.31. The summed E-state index contributed by atoms with van der Waals surface area (Å²) in [5.74, 6) is -3.15. The Bertz CT molecular complexity index is 744. The Morgan fingerprint density at radius 2 is 1.88 bits per heavy atom. The van der Waals surface area contributed by atoms with E-state index < -0.39 is 51.4 Å². The number of ether oxygens (including phenoxy) is 2. The lowest BCUT2D eigenvalue weighted by Crippen LogP contribution is -2.16. The molecule has 0 amide bonds. The molecule has 0 atom stereocenters. The number of halogens is 3. The first kappa shape index (κ1) is 19.7. The topological polar surface area (TPSA) is 128 Å². The average molecular weight is 364 g/mol. The fourth-order valence-electron chi connectivity index (χ4n) is 1.63. The predicted molar refractivity (Wildman–Crippen MR) is 75.5 cm³/mol. The molecule has 25 heavy (non-hydrogen) atoms. The molecular formula is C13H11F3N2O7. The molecule has 0 saturated carbocycles. The van der Waals surface area contributed by atoms with E-state index in [0.29, 0.717) is 6.08 Å². The molecule has 1 aromatic carbocycles. The van der Waals surface area contributed by atoms with Crippen molar-refractivity contribution in [2.24, 2.45) is 0 Å². The van der Waals surface area contributed by atoms with Crippen LogP contribution in [0, 0.1) is 10.1 Å². The Kier molecular flexibility index (Phi) is 5.93. The minimum absolute atomic E-state index is 0.224. The summed E-state index contributed by atoms with van der Waals surface area (Å²) in [5.41, 5.74) is -4.42. The first-order valence-corrected chi connectivity index (χ1v) is 6.24. The number of rotatable bonds is 5. The number of carbonyl (C=O) groups is 2. The molecule has 0 bridgehead atoms. The summed E-state index contributed by atoms with van der Waals surface area (Å²) in [6.07, 6.45) is -4.54. The third kappa shape index (κ3) is 4.83. The zero-order valence-electron chi connectivity index (χ0n) is 12.7. The van der Waals surface area contributed by atoms with Gasteiger partial charge < -0.3 is 19.9 Å². The van der Waals surface area contributed by atoms with E-state index in [1.165, 1.54) is 0 Å². The molecule has 0 heterocycles. The van der Waals surface area contributed by atoms with Gasteiger partial charge in [0, 0.05) is 0 Å². The molecule has 12 heteroatoms. The number of hydrogen-bond acceptors (Lipinski definition) is 8. The fourth-order valence-corrected chi connectivity index (χ4v) is 1.63. The first-order valence-electron chi connectivity index (χ1n) is 6.24. The van der Waals surface area contributed by atoms with Crippen LogP contribution in [0.4, 0.5) is 24.5 Å². The number of esters is 2. The third-order valence-electron chi connectivity index (χ3n) is 2.75. The Labute approximate surface area is 137 Å². The van der Waals surface area contributed by atoms with E-state index >= 15 is 0 Å². The van der Waals surface area contributed by atoms with Gasteiger partial charge in [-0.3, -0.25) is 10.1 Å². The van der Waals surface area contributed by atoms with Crippen molar-refractivity contribution in [3.05, 3.63) is 39.6 Å². The van der Waals surface area contributed by atoms with Crippen molar-refractivity contribution in [3.63, 3.8) is 0 Å². The maximum absolute atomic E-state index is 13.0. The summed E-state index contributed by atoms with van der Waals surface area (Å²) in [7, 11) is 1.92. The van der Waals surface area contributed by atoms with Crippen molar-refractivity contribution < 1.29 is 42.3 Å². The standard InChI is InChI=1S/C13H11F3N2O7/c1-24-11(20)4-8(12(21)25-2)17-7-3-6(13(14,15)16)9(18(22)23)5-10(7)19/h3-5,17,19H,1-2H3/b8-4+. The van der Waals surface area contributed by atoms with E-state index in [4.69, 9.17) is 0 Å². The lowest BCUT2D eigenvalue weighted by molar-refractivity contribution is -0.388. The number of phenolic OH excluding ortho intramolecular Hbond substituents is 1. The Morgan fingerprint density at radius 1 is 1.28 bits per heavy atom. The monoisotopic (exact) mass is 364 g/mol. The minimum atomic E-state index is -5.11. The van der Waals surface area contributed by atoms with E-state index in [9.17, 15) is 38.0 Å². The van der Waals surface area contributed by atoms with Crippen molar-refractivity contribution in [2.75, 3.05) is 19.5 Å². The summed E-state index contributed by atoms with van der Waals surface area (Å²) in [5, 5.41) is 22.5. The van der Waals surface area contributed by atoms with Crippen LogP contribution in [0.3, 0.4) is 0 Å². The first-order chi connectivity index (χ1) is 11.5. The number of methoxy groups -OCH3 is 2. The van der Waals surface area contributed by atoms with Crippen LogP contribution in [-0.4, -0.2) is 36.2 Å². The highest BCUT2D eigenvalue weighted by Gasteiger charge is 2.39. The van der Waals surface area contributed by atoms with Crippen LogP contribution >= 0.6 is 0 Å². The molecule has 0 spiro atoms. The number of hydrogen-bond donors (Lipinski definition) is 2. The highest BCUT2D eigenvalue weighted by atomic mass is 19.4. The van der Waals surface area contributed by atoms with Gasteiger partial charge in [-0.25, -0.2) is 9.59 Å². The second-order valence-corrected chi connectivity index (χ2v) is 4.34. The normalized spacial score (nSPS) is 11.6. The van der Waals surface area contributed by atoms with Gasteiger partial charge in [-0.2, -0.15) is 13.2 Å². The van der Waals surface area contributed by atoms with E-state index in [1.54, 1.807) is 0 Å². The van der Waals surface area contributed by atoms with Crippen LogP contribution in [0.15, 0.2) is 23.9 Å². The minimum Gasteiger partial charge on any atom is -0.506 e.